The number of hydrogen-bond acceptors (Lipinski definition) is 4. The van der Waals surface area contributed by atoms with Gasteiger partial charge < -0.3 is 19.5 Å². The highest BCUT2D eigenvalue weighted by Gasteiger charge is 2.53. The second kappa shape index (κ2) is 4.66. The number of methoxy groups -OCH3 is 2. The van der Waals surface area contributed by atoms with Crippen LogP contribution in [-0.2, 0) is 0 Å². The van der Waals surface area contributed by atoms with Crippen molar-refractivity contribution in [3.05, 3.63) is 23.8 Å². The van der Waals surface area contributed by atoms with Crippen molar-refractivity contribution in [3.8, 4) is 11.5 Å². The fourth-order valence-electron chi connectivity index (χ4n) is 2.86. The van der Waals surface area contributed by atoms with Crippen LogP contribution in [0, 0.1) is 5.92 Å². The number of amides is 1. The maximum Gasteiger partial charge on any atom is 0.261 e. The third kappa shape index (κ3) is 2.02. The van der Waals surface area contributed by atoms with Gasteiger partial charge in [-0.15, -0.1) is 0 Å². The zero-order valence-corrected chi connectivity index (χ0v) is 11.8. The molecule has 3 rings (SSSR count). The van der Waals surface area contributed by atoms with Gasteiger partial charge in [-0.1, -0.05) is 6.07 Å². The lowest BCUT2D eigenvalue weighted by Crippen LogP contribution is -2.64. The van der Waals surface area contributed by atoms with E-state index < -0.39 is 5.60 Å². The molecular formula is C15H19NO4. The van der Waals surface area contributed by atoms with E-state index in [0.717, 1.165) is 12.8 Å². The third-order valence-corrected chi connectivity index (χ3v) is 4.20. The number of aliphatic hydroxyl groups is 1. The molecule has 0 aromatic heterocycles. The molecule has 5 nitrogen and oxygen atoms in total. The van der Waals surface area contributed by atoms with Crippen LogP contribution in [0.5, 0.6) is 11.5 Å². The maximum atomic E-state index is 12.6. The molecule has 108 valence electrons. The number of carbonyl (C=O) groups is 1. The largest absolute Gasteiger partial charge is 0.496 e. The summed E-state index contributed by atoms with van der Waals surface area (Å²) in [6.07, 6.45) is 2.13. The molecule has 2 aliphatic rings. The number of rotatable bonds is 4. The summed E-state index contributed by atoms with van der Waals surface area (Å²) in [7, 11) is 3.06. The summed E-state index contributed by atoms with van der Waals surface area (Å²) in [6.45, 7) is 0.801. The third-order valence-electron chi connectivity index (χ3n) is 4.20. The number of ether oxygens (including phenoxy) is 2. The quantitative estimate of drug-likeness (QED) is 0.901. The lowest BCUT2D eigenvalue weighted by atomic mass is 9.88. The number of nitrogens with zero attached hydrogens (tertiary/aromatic N) is 1. The van der Waals surface area contributed by atoms with Gasteiger partial charge in [0.05, 0.1) is 27.3 Å². The van der Waals surface area contributed by atoms with Crippen molar-refractivity contribution in [1.82, 2.24) is 4.90 Å². The van der Waals surface area contributed by atoms with Gasteiger partial charge in [-0.2, -0.15) is 0 Å². The smallest absolute Gasteiger partial charge is 0.261 e. The van der Waals surface area contributed by atoms with Crippen LogP contribution in [0.1, 0.15) is 23.2 Å². The Labute approximate surface area is 118 Å². The first kappa shape index (κ1) is 13.2. The van der Waals surface area contributed by atoms with Gasteiger partial charge in [-0.05, 0) is 30.9 Å². The normalized spacial score (nSPS) is 20.2. The number of likely N-dealkylation sites (tertiary alicyclic amines) is 1. The van der Waals surface area contributed by atoms with Crippen LogP contribution in [-0.4, -0.2) is 48.8 Å². The van der Waals surface area contributed by atoms with Crippen molar-refractivity contribution in [2.45, 2.75) is 18.4 Å². The summed E-state index contributed by atoms with van der Waals surface area (Å²) in [5, 5.41) is 10.3. The first-order chi connectivity index (χ1) is 9.59. The minimum atomic E-state index is -0.676. The second-order valence-corrected chi connectivity index (χ2v) is 5.58. The van der Waals surface area contributed by atoms with E-state index in [4.69, 9.17) is 9.47 Å². The average molecular weight is 277 g/mol. The molecule has 1 aliphatic carbocycles. The Kier molecular flexibility index (Phi) is 3.09. The highest BCUT2D eigenvalue weighted by molar-refractivity contribution is 6.00. The zero-order chi connectivity index (χ0) is 14.3. The Morgan fingerprint density at radius 2 is 1.80 bits per heavy atom. The molecule has 1 aromatic rings. The van der Waals surface area contributed by atoms with E-state index in [1.54, 1.807) is 23.1 Å². The first-order valence-electron chi connectivity index (χ1n) is 6.81. The van der Waals surface area contributed by atoms with Crippen LogP contribution in [0.3, 0.4) is 0 Å². The fourth-order valence-corrected chi connectivity index (χ4v) is 2.86. The molecule has 1 saturated carbocycles. The van der Waals surface area contributed by atoms with E-state index in [1.807, 2.05) is 0 Å². The minimum absolute atomic E-state index is 0.148. The lowest BCUT2D eigenvalue weighted by Gasteiger charge is -2.47. The number of benzene rings is 1. The van der Waals surface area contributed by atoms with Gasteiger partial charge in [0.25, 0.3) is 5.91 Å². The number of carbonyl (C=O) groups excluding carboxylic acids is 1. The summed E-state index contributed by atoms with van der Waals surface area (Å²) in [4.78, 5) is 14.2. The molecule has 1 amide bonds. The SMILES string of the molecule is COc1cccc(OC)c1C(=O)N1CC(O)(C2CC2)C1. The van der Waals surface area contributed by atoms with Crippen molar-refractivity contribution in [3.63, 3.8) is 0 Å². The molecule has 20 heavy (non-hydrogen) atoms. The molecule has 1 saturated heterocycles. The standard InChI is InChI=1S/C15H19NO4/c1-19-11-4-3-5-12(20-2)13(11)14(17)16-8-15(18,9-16)10-6-7-10/h3-5,10,18H,6-9H2,1-2H3. The lowest BCUT2D eigenvalue weighted by molar-refractivity contribution is -0.0959. The summed E-state index contributed by atoms with van der Waals surface area (Å²) < 4.78 is 10.5. The molecule has 0 bridgehead atoms. The van der Waals surface area contributed by atoms with Crippen LogP contribution < -0.4 is 9.47 Å². The first-order valence-corrected chi connectivity index (χ1v) is 6.81. The Morgan fingerprint density at radius 3 is 2.25 bits per heavy atom. The molecular weight excluding hydrogens is 258 g/mol. The summed E-state index contributed by atoms with van der Waals surface area (Å²) in [6, 6.07) is 5.26. The van der Waals surface area contributed by atoms with E-state index in [1.165, 1.54) is 14.2 Å². The fraction of sp³-hybridized carbons (Fsp3) is 0.533. The summed E-state index contributed by atoms with van der Waals surface area (Å²) >= 11 is 0. The van der Waals surface area contributed by atoms with Crippen LogP contribution in [0.15, 0.2) is 18.2 Å². The van der Waals surface area contributed by atoms with Crippen LogP contribution in [0.4, 0.5) is 0 Å². The molecule has 2 fully saturated rings. The van der Waals surface area contributed by atoms with Gasteiger partial charge in [0.2, 0.25) is 0 Å². The van der Waals surface area contributed by atoms with Gasteiger partial charge in [0.1, 0.15) is 22.7 Å². The number of β-amino-alcohol motifs (C(OH)–C–C–N with tert-alkyl or cyclic N) is 1. The van der Waals surface area contributed by atoms with E-state index in [2.05, 4.69) is 0 Å². The molecule has 1 aliphatic heterocycles. The van der Waals surface area contributed by atoms with Gasteiger partial charge in [-0.25, -0.2) is 0 Å². The van der Waals surface area contributed by atoms with Gasteiger partial charge >= 0.3 is 0 Å². The molecule has 0 radical (unpaired) electrons. The molecule has 1 aromatic carbocycles. The summed E-state index contributed by atoms with van der Waals surface area (Å²) in [5.41, 5.74) is -0.249. The Balaban J connectivity index is 1.81. The maximum absolute atomic E-state index is 12.6. The van der Waals surface area contributed by atoms with E-state index in [0.29, 0.717) is 36.1 Å². The van der Waals surface area contributed by atoms with Crippen molar-refractivity contribution >= 4 is 5.91 Å². The Hall–Kier alpha value is -1.75. The minimum Gasteiger partial charge on any atom is -0.496 e. The highest BCUT2D eigenvalue weighted by Crippen LogP contribution is 2.45. The summed E-state index contributed by atoms with van der Waals surface area (Å²) in [5.74, 6) is 1.21. The molecule has 0 atom stereocenters. The van der Waals surface area contributed by atoms with Gasteiger partial charge in [0, 0.05) is 0 Å². The molecule has 0 unspecified atom stereocenters. The highest BCUT2D eigenvalue weighted by atomic mass is 16.5. The Bertz CT molecular complexity index is 510. The van der Waals surface area contributed by atoms with Crippen LogP contribution in [0.25, 0.3) is 0 Å². The average Bonchev–Trinajstić information content (AvgIpc) is 3.26. The van der Waals surface area contributed by atoms with Crippen molar-refractivity contribution in [2.75, 3.05) is 27.3 Å². The Morgan fingerprint density at radius 1 is 1.25 bits per heavy atom. The van der Waals surface area contributed by atoms with Gasteiger partial charge in [-0.3, -0.25) is 4.79 Å². The molecule has 1 N–H and O–H groups in total. The van der Waals surface area contributed by atoms with Crippen molar-refractivity contribution < 1.29 is 19.4 Å². The predicted molar refractivity (Wildman–Crippen MR) is 73.1 cm³/mol. The van der Waals surface area contributed by atoms with Crippen molar-refractivity contribution in [1.29, 1.82) is 0 Å². The molecule has 0 spiro atoms. The van der Waals surface area contributed by atoms with E-state index in [9.17, 15) is 9.90 Å². The van der Waals surface area contributed by atoms with Crippen LogP contribution in [0.2, 0.25) is 0 Å². The molecule has 1 heterocycles. The molecule has 5 heteroatoms. The van der Waals surface area contributed by atoms with E-state index in [-0.39, 0.29) is 5.91 Å². The predicted octanol–water partition coefficient (Wildman–Crippen LogP) is 1.30. The second-order valence-electron chi connectivity index (χ2n) is 5.58. The topological polar surface area (TPSA) is 59.0 Å². The van der Waals surface area contributed by atoms with E-state index >= 15 is 0 Å². The van der Waals surface area contributed by atoms with Gasteiger partial charge in [0.15, 0.2) is 0 Å². The monoisotopic (exact) mass is 277 g/mol. The van der Waals surface area contributed by atoms with Crippen molar-refractivity contribution in [2.24, 2.45) is 5.92 Å². The zero-order valence-electron chi connectivity index (χ0n) is 11.8. The number of hydrogen-bond donors (Lipinski definition) is 1. The van der Waals surface area contributed by atoms with Crippen LogP contribution >= 0.6 is 0 Å².